The van der Waals surface area contributed by atoms with E-state index in [4.69, 9.17) is 27.9 Å². The molecule has 1 aliphatic heterocycles. The number of aromatic nitrogens is 1. The second-order valence-corrected chi connectivity index (χ2v) is 9.22. The summed E-state index contributed by atoms with van der Waals surface area (Å²) >= 11 is 12.4. The number of nitrogens with zero attached hydrogens (tertiary/aromatic N) is 2. The molecular weight excluding hydrogens is 411 g/mol. The Morgan fingerprint density at radius 2 is 1.86 bits per heavy atom. The number of benzene rings is 1. The smallest absolute Gasteiger partial charge is 0.410 e. The molecular formula is C22H26Cl2N2O3. The third kappa shape index (κ3) is 4.85. The van der Waals surface area contributed by atoms with Crippen molar-refractivity contribution in [3.05, 3.63) is 63.9 Å². The molecule has 1 aliphatic rings. The highest BCUT2D eigenvalue weighted by Crippen LogP contribution is 2.46. The Bertz CT molecular complexity index is 860. The second-order valence-electron chi connectivity index (χ2n) is 8.41. The number of rotatable bonds is 3. The van der Waals surface area contributed by atoms with Crippen LogP contribution >= 0.6 is 23.2 Å². The number of hydrogen-bond donors (Lipinski definition) is 1. The first kappa shape index (κ1) is 21.9. The molecule has 0 saturated carbocycles. The molecule has 29 heavy (non-hydrogen) atoms. The zero-order chi connectivity index (χ0) is 21.2. The third-order valence-electron chi connectivity index (χ3n) is 5.29. The number of hydrogen-bond acceptors (Lipinski definition) is 4. The van der Waals surface area contributed by atoms with Gasteiger partial charge in [-0.3, -0.25) is 4.98 Å². The van der Waals surface area contributed by atoms with Crippen LogP contribution in [0.15, 0.2) is 42.6 Å². The summed E-state index contributed by atoms with van der Waals surface area (Å²) in [6.45, 7) is 6.46. The number of amides is 1. The number of piperidine rings is 1. The fourth-order valence-corrected chi connectivity index (χ4v) is 4.06. The molecule has 0 spiro atoms. The van der Waals surface area contributed by atoms with E-state index in [2.05, 4.69) is 4.98 Å². The third-order valence-corrected chi connectivity index (χ3v) is 6.03. The van der Waals surface area contributed by atoms with Gasteiger partial charge in [-0.1, -0.05) is 35.3 Å². The van der Waals surface area contributed by atoms with E-state index < -0.39 is 17.1 Å². The molecule has 1 N–H and O–H groups in total. The van der Waals surface area contributed by atoms with Crippen LogP contribution in [0.3, 0.4) is 0 Å². The van der Waals surface area contributed by atoms with Crippen molar-refractivity contribution in [1.29, 1.82) is 0 Å². The van der Waals surface area contributed by atoms with Crippen LogP contribution in [0.25, 0.3) is 0 Å². The van der Waals surface area contributed by atoms with Gasteiger partial charge in [0.2, 0.25) is 0 Å². The number of carbonyl (C=O) groups is 1. The predicted molar refractivity (Wildman–Crippen MR) is 114 cm³/mol. The van der Waals surface area contributed by atoms with Crippen molar-refractivity contribution in [2.45, 2.75) is 50.7 Å². The van der Waals surface area contributed by atoms with Gasteiger partial charge in [0.25, 0.3) is 0 Å². The largest absolute Gasteiger partial charge is 0.444 e. The average Bonchev–Trinajstić information content (AvgIpc) is 2.69. The average molecular weight is 437 g/mol. The number of ether oxygens (including phenoxy) is 1. The zero-order valence-corrected chi connectivity index (χ0v) is 18.4. The van der Waals surface area contributed by atoms with E-state index in [1.807, 2.05) is 45.0 Å². The fourth-order valence-electron chi connectivity index (χ4n) is 3.76. The molecule has 7 heteroatoms. The minimum absolute atomic E-state index is 0.340. The number of aliphatic hydroxyl groups is 1. The van der Waals surface area contributed by atoms with Gasteiger partial charge in [0.05, 0.1) is 15.7 Å². The molecule has 1 aromatic carbocycles. The number of likely N-dealkylation sites (tertiary alicyclic amines) is 1. The van der Waals surface area contributed by atoms with E-state index in [-0.39, 0.29) is 6.09 Å². The van der Waals surface area contributed by atoms with Gasteiger partial charge in [-0.05, 0) is 63.4 Å². The molecule has 0 radical (unpaired) electrons. The van der Waals surface area contributed by atoms with Crippen molar-refractivity contribution in [2.75, 3.05) is 13.1 Å². The summed E-state index contributed by atoms with van der Waals surface area (Å²) in [4.78, 5) is 18.5. The van der Waals surface area contributed by atoms with Gasteiger partial charge in [0.15, 0.2) is 0 Å². The topological polar surface area (TPSA) is 62.7 Å². The number of pyridine rings is 1. The standard InChI is InChI=1S/C22H26Cl2N2O3/c1-21(2,3)29-20(28)26-12-9-22(10-13-26,15-7-8-16(23)17(24)14-15)19(27)18-6-4-5-11-25-18/h4-8,11,14,19,27H,9-10,12-13H2,1-3H3/t19-/m1/s1. The normalized spacial score (nSPS) is 17.7. The molecule has 156 valence electrons. The zero-order valence-electron chi connectivity index (χ0n) is 16.9. The van der Waals surface area contributed by atoms with Crippen LogP contribution in [0, 0.1) is 0 Å². The minimum Gasteiger partial charge on any atom is -0.444 e. The van der Waals surface area contributed by atoms with Crippen LogP contribution in [0.4, 0.5) is 4.79 Å². The van der Waals surface area contributed by atoms with Crippen LogP contribution in [-0.2, 0) is 10.2 Å². The van der Waals surface area contributed by atoms with Gasteiger partial charge in [-0.2, -0.15) is 0 Å². The van der Waals surface area contributed by atoms with Crippen molar-refractivity contribution in [3.63, 3.8) is 0 Å². The Labute approximate surface area is 181 Å². The summed E-state index contributed by atoms with van der Waals surface area (Å²) < 4.78 is 5.50. The van der Waals surface area contributed by atoms with Crippen LogP contribution in [0.5, 0.6) is 0 Å². The monoisotopic (exact) mass is 436 g/mol. The van der Waals surface area contributed by atoms with Crippen LogP contribution in [0.1, 0.15) is 51.0 Å². The SMILES string of the molecule is CC(C)(C)OC(=O)N1CCC(c2ccc(Cl)c(Cl)c2)([C@H](O)c2ccccn2)CC1. The maximum absolute atomic E-state index is 12.5. The lowest BCUT2D eigenvalue weighted by atomic mass is 9.68. The maximum atomic E-state index is 12.5. The Morgan fingerprint density at radius 3 is 2.41 bits per heavy atom. The highest BCUT2D eigenvalue weighted by molar-refractivity contribution is 6.42. The summed E-state index contributed by atoms with van der Waals surface area (Å²) in [6, 6.07) is 10.9. The van der Waals surface area contributed by atoms with Crippen LogP contribution < -0.4 is 0 Å². The molecule has 0 bridgehead atoms. The summed E-state index contributed by atoms with van der Waals surface area (Å²) in [5, 5.41) is 12.2. The highest BCUT2D eigenvalue weighted by Gasteiger charge is 2.45. The van der Waals surface area contributed by atoms with Crippen LogP contribution in [0.2, 0.25) is 10.0 Å². The molecule has 0 aliphatic carbocycles. The Balaban J connectivity index is 1.91. The first-order chi connectivity index (χ1) is 13.6. The highest BCUT2D eigenvalue weighted by atomic mass is 35.5. The molecule has 1 aromatic heterocycles. The lowest BCUT2D eigenvalue weighted by Gasteiger charge is -2.45. The quantitative estimate of drug-likeness (QED) is 0.700. The molecule has 1 fully saturated rings. The lowest BCUT2D eigenvalue weighted by Crippen LogP contribution is -2.49. The molecule has 5 nitrogen and oxygen atoms in total. The van der Waals surface area contributed by atoms with Gasteiger partial charge in [0, 0.05) is 24.7 Å². The van der Waals surface area contributed by atoms with E-state index in [0.29, 0.717) is 41.7 Å². The Hall–Kier alpha value is -1.82. The Kier molecular flexibility index (Phi) is 6.42. The van der Waals surface area contributed by atoms with Crippen molar-refractivity contribution in [1.82, 2.24) is 9.88 Å². The van der Waals surface area contributed by atoms with Gasteiger partial charge in [-0.15, -0.1) is 0 Å². The van der Waals surface area contributed by atoms with E-state index >= 15 is 0 Å². The number of aliphatic hydroxyl groups excluding tert-OH is 1. The lowest BCUT2D eigenvalue weighted by molar-refractivity contribution is -0.00315. The molecule has 2 heterocycles. The molecule has 0 unspecified atom stereocenters. The van der Waals surface area contributed by atoms with Gasteiger partial charge in [0.1, 0.15) is 11.7 Å². The van der Waals surface area contributed by atoms with Crippen LogP contribution in [-0.4, -0.2) is 39.8 Å². The first-order valence-corrected chi connectivity index (χ1v) is 10.4. The van der Waals surface area contributed by atoms with Crippen molar-refractivity contribution >= 4 is 29.3 Å². The summed E-state index contributed by atoms with van der Waals surface area (Å²) in [5.74, 6) is 0. The molecule has 3 rings (SSSR count). The van der Waals surface area contributed by atoms with Gasteiger partial charge in [-0.25, -0.2) is 4.79 Å². The van der Waals surface area contributed by atoms with Gasteiger partial charge < -0.3 is 14.7 Å². The molecule has 1 atom stereocenters. The van der Waals surface area contributed by atoms with E-state index in [0.717, 1.165) is 5.56 Å². The predicted octanol–water partition coefficient (Wildman–Crippen LogP) is 5.39. The molecule has 1 saturated heterocycles. The summed E-state index contributed by atoms with van der Waals surface area (Å²) in [7, 11) is 0. The van der Waals surface area contributed by atoms with E-state index in [9.17, 15) is 9.90 Å². The van der Waals surface area contributed by atoms with E-state index in [1.165, 1.54) is 0 Å². The number of carbonyl (C=O) groups excluding carboxylic acids is 1. The summed E-state index contributed by atoms with van der Waals surface area (Å²) in [6.07, 6.45) is 1.56. The minimum atomic E-state index is -0.846. The van der Waals surface area contributed by atoms with Crippen molar-refractivity contribution in [2.24, 2.45) is 0 Å². The van der Waals surface area contributed by atoms with E-state index in [1.54, 1.807) is 23.2 Å². The fraction of sp³-hybridized carbons (Fsp3) is 0.455. The number of halogens is 2. The van der Waals surface area contributed by atoms with Gasteiger partial charge >= 0.3 is 6.09 Å². The maximum Gasteiger partial charge on any atom is 0.410 e. The second kappa shape index (κ2) is 8.50. The molecule has 1 amide bonds. The summed E-state index contributed by atoms with van der Waals surface area (Å²) in [5.41, 5.74) is 0.280. The molecule has 2 aromatic rings. The Morgan fingerprint density at radius 1 is 1.17 bits per heavy atom. The first-order valence-electron chi connectivity index (χ1n) is 9.65. The van der Waals surface area contributed by atoms with Crippen molar-refractivity contribution < 1.29 is 14.6 Å². The van der Waals surface area contributed by atoms with Crippen molar-refractivity contribution in [3.8, 4) is 0 Å².